The third-order valence-electron chi connectivity index (χ3n) is 6.71. The largest absolute Gasteiger partial charge is 0.361 e. The van der Waals surface area contributed by atoms with Crippen molar-refractivity contribution in [1.29, 1.82) is 0 Å². The maximum atomic E-state index is 13.7. The minimum absolute atomic E-state index is 0.0123. The second-order valence-corrected chi connectivity index (χ2v) is 8.80. The van der Waals surface area contributed by atoms with Gasteiger partial charge < -0.3 is 9.88 Å². The van der Waals surface area contributed by atoms with E-state index in [1.54, 1.807) is 11.6 Å². The van der Waals surface area contributed by atoms with Gasteiger partial charge in [-0.2, -0.15) is 0 Å². The van der Waals surface area contributed by atoms with Gasteiger partial charge >= 0.3 is 0 Å². The van der Waals surface area contributed by atoms with E-state index in [4.69, 9.17) is 5.21 Å². The highest BCUT2D eigenvalue weighted by atomic mass is 16.5. The summed E-state index contributed by atoms with van der Waals surface area (Å²) >= 11 is 0. The quantitative estimate of drug-likeness (QED) is 0.203. The number of benzene rings is 3. The Kier molecular flexibility index (Phi) is 6.46. The number of aromatic nitrogens is 1. The maximum Gasteiger partial charge on any atom is 0.267 e. The zero-order valence-corrected chi connectivity index (χ0v) is 19.3. The van der Waals surface area contributed by atoms with E-state index in [2.05, 4.69) is 29.2 Å². The number of nitrogens with one attached hydrogen (secondary N) is 2. The Morgan fingerprint density at radius 2 is 1.86 bits per heavy atom. The van der Waals surface area contributed by atoms with Gasteiger partial charge in [0.15, 0.2) is 0 Å². The van der Waals surface area contributed by atoms with Crippen LogP contribution in [0.5, 0.6) is 0 Å². The average molecular weight is 466 g/mol. The molecule has 3 N–H and O–H groups in total. The Balaban J connectivity index is 1.43. The van der Waals surface area contributed by atoms with Crippen molar-refractivity contribution >= 4 is 28.8 Å². The van der Waals surface area contributed by atoms with Gasteiger partial charge in [-0.25, -0.2) is 5.48 Å². The molecule has 1 atom stereocenters. The normalized spacial score (nSPS) is 14.8. The van der Waals surface area contributed by atoms with Crippen LogP contribution in [-0.4, -0.2) is 33.5 Å². The molecule has 5 rings (SSSR count). The monoisotopic (exact) mass is 465 g/mol. The van der Waals surface area contributed by atoms with E-state index >= 15 is 0 Å². The fourth-order valence-electron chi connectivity index (χ4n) is 4.98. The molecule has 0 radical (unpaired) electrons. The van der Waals surface area contributed by atoms with Crippen LogP contribution in [-0.2, 0) is 17.6 Å². The Bertz CT molecular complexity index is 1390. The predicted octanol–water partition coefficient (Wildman–Crippen LogP) is 5.06. The van der Waals surface area contributed by atoms with E-state index in [0.717, 1.165) is 35.9 Å². The number of rotatable bonds is 7. The Morgan fingerprint density at radius 3 is 2.69 bits per heavy atom. The van der Waals surface area contributed by atoms with E-state index in [9.17, 15) is 9.59 Å². The van der Waals surface area contributed by atoms with Crippen LogP contribution < -0.4 is 5.48 Å². The van der Waals surface area contributed by atoms with Crippen LogP contribution in [0.1, 0.15) is 45.1 Å². The number of hydrogen-bond donors (Lipinski definition) is 3. The van der Waals surface area contributed by atoms with E-state index in [1.165, 1.54) is 22.6 Å². The van der Waals surface area contributed by atoms with Crippen LogP contribution in [0.2, 0.25) is 0 Å². The van der Waals surface area contributed by atoms with Gasteiger partial charge in [-0.05, 0) is 65.8 Å². The zero-order valence-electron chi connectivity index (χ0n) is 19.3. The van der Waals surface area contributed by atoms with Crippen LogP contribution in [0, 0.1) is 0 Å². The summed E-state index contributed by atoms with van der Waals surface area (Å²) in [5.74, 6) is -0.535. The van der Waals surface area contributed by atoms with Gasteiger partial charge in [0.25, 0.3) is 11.8 Å². The highest BCUT2D eigenvalue weighted by Gasteiger charge is 2.31. The standard InChI is InChI=1S/C29H27N3O3/c33-28(31-35)15-11-20-10-13-25-22(18-20)12-14-27(25)32(29(34)21-6-2-1-3-7-21)17-16-23-19-30-26-9-5-4-8-24(23)26/h1-11,13,15,18-19,27,30,35H,12,14,16-17H2,(H,31,33)/b15-11+. The summed E-state index contributed by atoms with van der Waals surface area (Å²) in [6.07, 6.45) is 7.47. The van der Waals surface area contributed by atoms with Crippen LogP contribution in [0.4, 0.5) is 0 Å². The summed E-state index contributed by atoms with van der Waals surface area (Å²) in [5.41, 5.74) is 7.81. The van der Waals surface area contributed by atoms with Gasteiger partial charge in [0.2, 0.25) is 0 Å². The molecule has 0 bridgehead atoms. The fourth-order valence-corrected chi connectivity index (χ4v) is 4.98. The summed E-state index contributed by atoms with van der Waals surface area (Å²) in [4.78, 5) is 30.4. The number of carbonyl (C=O) groups excluding carboxylic acids is 2. The van der Waals surface area contributed by atoms with Crippen molar-refractivity contribution < 1.29 is 14.8 Å². The molecule has 2 amide bonds. The molecule has 0 spiro atoms. The van der Waals surface area contributed by atoms with Gasteiger partial charge in [0.05, 0.1) is 6.04 Å². The molecule has 35 heavy (non-hydrogen) atoms. The number of carbonyl (C=O) groups is 2. The molecule has 1 aromatic heterocycles. The molecular weight excluding hydrogens is 438 g/mol. The Hall–Kier alpha value is -4.16. The molecule has 0 saturated carbocycles. The summed E-state index contributed by atoms with van der Waals surface area (Å²) in [6.45, 7) is 0.609. The van der Waals surface area contributed by atoms with E-state index in [-0.39, 0.29) is 11.9 Å². The van der Waals surface area contributed by atoms with E-state index < -0.39 is 5.91 Å². The second-order valence-electron chi connectivity index (χ2n) is 8.80. The topological polar surface area (TPSA) is 85.4 Å². The molecule has 1 aliphatic carbocycles. The fraction of sp³-hybridized carbons (Fsp3) is 0.172. The molecule has 0 saturated heterocycles. The molecule has 6 nitrogen and oxygen atoms in total. The first-order valence-corrected chi connectivity index (χ1v) is 11.8. The lowest BCUT2D eigenvalue weighted by Gasteiger charge is -2.30. The van der Waals surface area contributed by atoms with Gasteiger partial charge in [-0.1, -0.05) is 54.6 Å². The Labute approximate surface area is 203 Å². The highest BCUT2D eigenvalue weighted by molar-refractivity contribution is 5.94. The van der Waals surface area contributed by atoms with E-state index in [1.807, 2.05) is 59.6 Å². The van der Waals surface area contributed by atoms with Crippen molar-refractivity contribution in [3.05, 3.63) is 113 Å². The molecule has 6 heteroatoms. The number of para-hydroxylation sites is 1. The number of nitrogens with zero attached hydrogens (tertiary/aromatic N) is 1. The van der Waals surface area contributed by atoms with Gasteiger partial charge in [0.1, 0.15) is 0 Å². The summed E-state index contributed by atoms with van der Waals surface area (Å²) < 4.78 is 0. The number of hydroxylamine groups is 1. The predicted molar refractivity (Wildman–Crippen MR) is 136 cm³/mol. The Morgan fingerprint density at radius 1 is 1.06 bits per heavy atom. The molecule has 1 heterocycles. The number of fused-ring (bicyclic) bond motifs is 2. The maximum absolute atomic E-state index is 13.7. The smallest absolute Gasteiger partial charge is 0.267 e. The summed E-state index contributed by atoms with van der Waals surface area (Å²) in [6, 6.07) is 23.7. The first-order chi connectivity index (χ1) is 17.1. The third-order valence-corrected chi connectivity index (χ3v) is 6.71. The number of amides is 2. The SMILES string of the molecule is O=C(/C=C/c1ccc2c(c1)CCC2N(CCc1c[nH]c2ccccc12)C(=O)c1ccccc1)NO. The zero-order chi connectivity index (χ0) is 24.2. The van der Waals surface area contributed by atoms with Crippen LogP contribution >= 0.6 is 0 Å². The number of aryl methyl sites for hydroxylation is 1. The van der Waals surface area contributed by atoms with Crippen molar-refractivity contribution in [2.75, 3.05) is 6.54 Å². The molecule has 1 aliphatic rings. The molecule has 1 unspecified atom stereocenters. The highest BCUT2D eigenvalue weighted by Crippen LogP contribution is 2.37. The summed E-state index contributed by atoms with van der Waals surface area (Å²) in [7, 11) is 0. The minimum Gasteiger partial charge on any atom is -0.361 e. The molecule has 4 aromatic rings. The number of hydrogen-bond acceptors (Lipinski definition) is 3. The van der Waals surface area contributed by atoms with Crippen LogP contribution in [0.3, 0.4) is 0 Å². The number of aromatic amines is 1. The first-order valence-electron chi connectivity index (χ1n) is 11.8. The van der Waals surface area contributed by atoms with Crippen molar-refractivity contribution in [2.24, 2.45) is 0 Å². The lowest BCUT2D eigenvalue weighted by molar-refractivity contribution is -0.124. The van der Waals surface area contributed by atoms with Gasteiger partial charge in [-0.3, -0.25) is 14.8 Å². The second kappa shape index (κ2) is 9.99. The molecular formula is C29H27N3O3. The molecule has 0 fully saturated rings. The van der Waals surface area contributed by atoms with Crippen molar-refractivity contribution in [3.63, 3.8) is 0 Å². The molecule has 0 aliphatic heterocycles. The van der Waals surface area contributed by atoms with Gasteiger partial charge in [-0.15, -0.1) is 0 Å². The third kappa shape index (κ3) is 4.74. The van der Waals surface area contributed by atoms with Gasteiger partial charge in [0, 0.05) is 35.3 Å². The van der Waals surface area contributed by atoms with Crippen LogP contribution in [0.25, 0.3) is 17.0 Å². The average Bonchev–Trinajstić information content (AvgIpc) is 3.52. The van der Waals surface area contributed by atoms with Crippen molar-refractivity contribution in [1.82, 2.24) is 15.4 Å². The van der Waals surface area contributed by atoms with E-state index in [0.29, 0.717) is 12.1 Å². The van der Waals surface area contributed by atoms with Crippen molar-refractivity contribution in [2.45, 2.75) is 25.3 Å². The first kappa shape index (κ1) is 22.6. The summed E-state index contributed by atoms with van der Waals surface area (Å²) in [5, 5.41) is 9.89. The lowest BCUT2D eigenvalue weighted by atomic mass is 10.0. The van der Waals surface area contributed by atoms with Crippen molar-refractivity contribution in [3.8, 4) is 0 Å². The van der Waals surface area contributed by atoms with Crippen LogP contribution in [0.15, 0.2) is 85.1 Å². The lowest BCUT2D eigenvalue weighted by Crippen LogP contribution is -2.35. The molecule has 176 valence electrons. The minimum atomic E-state index is -0.569. The molecule has 3 aromatic carbocycles. The number of H-pyrrole nitrogens is 1.